The van der Waals surface area contributed by atoms with E-state index in [-0.39, 0.29) is 11.5 Å². The normalized spacial score (nSPS) is 15.0. The van der Waals surface area contributed by atoms with Gasteiger partial charge >= 0.3 is 0 Å². The van der Waals surface area contributed by atoms with Crippen LogP contribution in [0.2, 0.25) is 0 Å². The first-order valence-corrected chi connectivity index (χ1v) is 6.61. The summed E-state index contributed by atoms with van der Waals surface area (Å²) in [4.78, 5) is 13.8. The van der Waals surface area contributed by atoms with Crippen molar-refractivity contribution in [3.63, 3.8) is 0 Å². The van der Waals surface area contributed by atoms with E-state index < -0.39 is 0 Å². The van der Waals surface area contributed by atoms with Gasteiger partial charge in [-0.15, -0.1) is 0 Å². The summed E-state index contributed by atoms with van der Waals surface area (Å²) in [5.41, 5.74) is 1.35. The van der Waals surface area contributed by atoms with Gasteiger partial charge in [0, 0.05) is 38.1 Å². The monoisotopic (exact) mass is 281 g/mol. The fourth-order valence-corrected chi connectivity index (χ4v) is 1.98. The Morgan fingerprint density at radius 1 is 1.24 bits per heavy atom. The van der Waals surface area contributed by atoms with E-state index in [1.165, 1.54) is 6.20 Å². The van der Waals surface area contributed by atoms with E-state index in [1.807, 2.05) is 12.1 Å². The number of carbonyl (C=O) groups excluding carboxylic acids is 1. The standard InChI is InChI=1S/C15H15N5O/c16-9-12-1-3-14(4-2-12)19-11-13(10-17)15(21)20-7-5-18-6-8-20/h1-4,11,18-19H,5-8H2/b13-11-. The van der Waals surface area contributed by atoms with Crippen LogP contribution in [0, 0.1) is 22.7 Å². The Balaban J connectivity index is 2.04. The fourth-order valence-electron chi connectivity index (χ4n) is 1.98. The molecule has 1 fully saturated rings. The predicted molar refractivity (Wildman–Crippen MR) is 77.9 cm³/mol. The van der Waals surface area contributed by atoms with Crippen molar-refractivity contribution >= 4 is 11.6 Å². The van der Waals surface area contributed by atoms with Gasteiger partial charge in [0.05, 0.1) is 11.6 Å². The van der Waals surface area contributed by atoms with E-state index in [0.29, 0.717) is 18.7 Å². The average molecular weight is 281 g/mol. The number of piperazine rings is 1. The number of nitriles is 2. The number of carbonyl (C=O) groups is 1. The van der Waals surface area contributed by atoms with Crippen molar-refractivity contribution in [1.82, 2.24) is 10.2 Å². The van der Waals surface area contributed by atoms with Crippen LogP contribution in [0.25, 0.3) is 0 Å². The Morgan fingerprint density at radius 3 is 2.48 bits per heavy atom. The van der Waals surface area contributed by atoms with Crippen LogP contribution in [0.1, 0.15) is 5.56 Å². The summed E-state index contributed by atoms with van der Waals surface area (Å²) in [6, 6.07) is 10.7. The highest BCUT2D eigenvalue weighted by Gasteiger charge is 2.19. The maximum Gasteiger partial charge on any atom is 0.266 e. The Kier molecular flexibility index (Phi) is 4.92. The van der Waals surface area contributed by atoms with Crippen LogP contribution in [0.15, 0.2) is 36.0 Å². The van der Waals surface area contributed by atoms with Crippen LogP contribution >= 0.6 is 0 Å². The zero-order valence-corrected chi connectivity index (χ0v) is 11.5. The second kappa shape index (κ2) is 7.09. The third-order valence-corrected chi connectivity index (χ3v) is 3.15. The number of rotatable bonds is 3. The first-order valence-electron chi connectivity index (χ1n) is 6.61. The van der Waals surface area contributed by atoms with Crippen molar-refractivity contribution in [2.45, 2.75) is 0 Å². The quantitative estimate of drug-likeness (QED) is 0.632. The summed E-state index contributed by atoms with van der Waals surface area (Å²) < 4.78 is 0. The SMILES string of the molecule is N#C/C(=C/Nc1ccc(C#N)cc1)C(=O)N1CCNCC1. The molecule has 0 aromatic heterocycles. The van der Waals surface area contributed by atoms with Crippen LogP contribution in [-0.4, -0.2) is 37.0 Å². The number of nitrogens with zero attached hydrogens (tertiary/aromatic N) is 3. The van der Waals surface area contributed by atoms with Crippen molar-refractivity contribution in [2.75, 3.05) is 31.5 Å². The minimum absolute atomic E-state index is 0.0706. The summed E-state index contributed by atoms with van der Waals surface area (Å²) >= 11 is 0. The Hall–Kier alpha value is -2.83. The first-order chi connectivity index (χ1) is 10.2. The molecule has 0 bridgehead atoms. The van der Waals surface area contributed by atoms with Crippen molar-refractivity contribution in [1.29, 1.82) is 10.5 Å². The minimum atomic E-state index is -0.264. The molecule has 0 radical (unpaired) electrons. The molecule has 106 valence electrons. The average Bonchev–Trinajstić information content (AvgIpc) is 2.56. The molecule has 0 spiro atoms. The zero-order valence-electron chi connectivity index (χ0n) is 11.5. The molecule has 21 heavy (non-hydrogen) atoms. The largest absolute Gasteiger partial charge is 0.360 e. The van der Waals surface area contributed by atoms with Gasteiger partial charge in [-0.1, -0.05) is 0 Å². The van der Waals surface area contributed by atoms with Crippen LogP contribution in [0.3, 0.4) is 0 Å². The van der Waals surface area contributed by atoms with E-state index in [1.54, 1.807) is 29.2 Å². The highest BCUT2D eigenvalue weighted by atomic mass is 16.2. The van der Waals surface area contributed by atoms with Crippen LogP contribution in [0.4, 0.5) is 5.69 Å². The van der Waals surface area contributed by atoms with Crippen molar-refractivity contribution in [3.8, 4) is 12.1 Å². The molecule has 1 amide bonds. The van der Waals surface area contributed by atoms with Gasteiger partial charge in [0.25, 0.3) is 5.91 Å². The molecule has 1 aliphatic rings. The van der Waals surface area contributed by atoms with Crippen LogP contribution in [0.5, 0.6) is 0 Å². The molecule has 2 N–H and O–H groups in total. The maximum atomic E-state index is 12.2. The highest BCUT2D eigenvalue weighted by Crippen LogP contribution is 2.10. The van der Waals surface area contributed by atoms with Gasteiger partial charge in [-0.3, -0.25) is 4.79 Å². The molecule has 0 unspecified atom stereocenters. The molecule has 0 saturated carbocycles. The molecule has 0 atom stereocenters. The van der Waals surface area contributed by atoms with Crippen LogP contribution in [-0.2, 0) is 4.79 Å². The molecule has 6 nitrogen and oxygen atoms in total. The number of hydrogen-bond acceptors (Lipinski definition) is 5. The lowest BCUT2D eigenvalue weighted by Gasteiger charge is -2.27. The molecule has 1 aromatic rings. The second-order valence-corrected chi connectivity index (χ2v) is 4.55. The molecule has 6 heteroatoms. The van der Waals surface area contributed by atoms with Gasteiger partial charge in [0.15, 0.2) is 0 Å². The lowest BCUT2D eigenvalue weighted by atomic mass is 10.2. The van der Waals surface area contributed by atoms with Crippen molar-refractivity contribution in [2.24, 2.45) is 0 Å². The van der Waals surface area contributed by atoms with Crippen LogP contribution < -0.4 is 10.6 Å². The van der Waals surface area contributed by atoms with E-state index in [0.717, 1.165) is 18.8 Å². The molecular weight excluding hydrogens is 266 g/mol. The third-order valence-electron chi connectivity index (χ3n) is 3.15. The summed E-state index contributed by atoms with van der Waals surface area (Å²) in [6.45, 7) is 2.70. The topological polar surface area (TPSA) is 92.0 Å². The number of amides is 1. The Morgan fingerprint density at radius 2 is 1.90 bits per heavy atom. The second-order valence-electron chi connectivity index (χ2n) is 4.55. The third kappa shape index (κ3) is 3.82. The molecule has 1 saturated heterocycles. The fraction of sp³-hybridized carbons (Fsp3) is 0.267. The highest BCUT2D eigenvalue weighted by molar-refractivity contribution is 5.97. The lowest BCUT2D eigenvalue weighted by molar-refractivity contribution is -0.127. The van der Waals surface area contributed by atoms with E-state index >= 15 is 0 Å². The van der Waals surface area contributed by atoms with Gasteiger partial charge < -0.3 is 15.5 Å². The summed E-state index contributed by atoms with van der Waals surface area (Å²) in [5.74, 6) is -0.264. The Bertz CT molecular complexity index is 615. The smallest absolute Gasteiger partial charge is 0.266 e. The summed E-state index contributed by atoms with van der Waals surface area (Å²) in [6.07, 6.45) is 1.41. The Labute approximate surface area is 123 Å². The molecule has 1 aliphatic heterocycles. The number of hydrogen-bond donors (Lipinski definition) is 2. The van der Waals surface area contributed by atoms with E-state index in [9.17, 15) is 4.79 Å². The minimum Gasteiger partial charge on any atom is -0.360 e. The van der Waals surface area contributed by atoms with Gasteiger partial charge in [0.1, 0.15) is 11.6 Å². The molecule has 1 aromatic carbocycles. The molecule has 1 heterocycles. The summed E-state index contributed by atoms with van der Waals surface area (Å²) in [7, 11) is 0. The van der Waals surface area contributed by atoms with Gasteiger partial charge in [0.2, 0.25) is 0 Å². The van der Waals surface area contributed by atoms with Gasteiger partial charge in [-0.2, -0.15) is 10.5 Å². The van der Waals surface area contributed by atoms with E-state index in [2.05, 4.69) is 10.6 Å². The number of nitrogens with one attached hydrogen (secondary N) is 2. The maximum absolute atomic E-state index is 12.2. The number of benzene rings is 1. The van der Waals surface area contributed by atoms with E-state index in [4.69, 9.17) is 10.5 Å². The molecule has 0 aliphatic carbocycles. The van der Waals surface area contributed by atoms with Gasteiger partial charge in [-0.05, 0) is 24.3 Å². The number of anilines is 1. The van der Waals surface area contributed by atoms with Crippen molar-refractivity contribution < 1.29 is 4.79 Å². The molecular formula is C15H15N5O. The lowest BCUT2D eigenvalue weighted by Crippen LogP contribution is -2.46. The zero-order chi connectivity index (χ0) is 15.1. The first kappa shape index (κ1) is 14.6. The van der Waals surface area contributed by atoms with Crippen molar-refractivity contribution in [3.05, 3.63) is 41.6 Å². The predicted octanol–water partition coefficient (Wildman–Crippen LogP) is 0.809. The summed E-state index contributed by atoms with van der Waals surface area (Å²) in [5, 5.41) is 23.9. The molecule has 2 rings (SSSR count). The van der Waals surface area contributed by atoms with Gasteiger partial charge in [-0.25, -0.2) is 0 Å².